The maximum atomic E-state index is 12.4. The predicted octanol–water partition coefficient (Wildman–Crippen LogP) is 2.92. The van der Waals surface area contributed by atoms with Crippen molar-refractivity contribution in [3.63, 3.8) is 0 Å². The van der Waals surface area contributed by atoms with E-state index in [1.807, 2.05) is 31.2 Å². The van der Waals surface area contributed by atoms with Crippen LogP contribution in [0.5, 0.6) is 5.75 Å². The first-order valence-corrected chi connectivity index (χ1v) is 8.00. The van der Waals surface area contributed by atoms with Gasteiger partial charge in [-0.05, 0) is 39.8 Å². The van der Waals surface area contributed by atoms with Gasteiger partial charge >= 0.3 is 12.1 Å². The molecule has 1 amide bonds. The second-order valence-corrected chi connectivity index (χ2v) is 6.96. The van der Waals surface area contributed by atoms with Gasteiger partial charge in [-0.3, -0.25) is 4.90 Å². The molecule has 1 fully saturated rings. The molecule has 1 aliphatic rings. The first kappa shape index (κ1) is 18.1. The minimum atomic E-state index is -0.694. The van der Waals surface area contributed by atoms with Gasteiger partial charge in [0.1, 0.15) is 23.5 Å². The molecule has 132 valence electrons. The number of methoxy groups -OCH3 is 1. The lowest BCUT2D eigenvalue weighted by Crippen LogP contribution is -2.44. The molecule has 0 saturated carbocycles. The molecule has 0 bridgehead atoms. The number of nitrogens with zero attached hydrogens (tertiary/aromatic N) is 1. The van der Waals surface area contributed by atoms with Crippen LogP contribution in [-0.2, 0) is 14.3 Å². The molecule has 1 aliphatic heterocycles. The maximum absolute atomic E-state index is 12.4. The lowest BCUT2D eigenvalue weighted by atomic mass is 10.2. The topological polar surface area (TPSA) is 65.1 Å². The normalized spacial score (nSPS) is 20.6. The third-order valence-electron chi connectivity index (χ3n) is 3.69. The number of esters is 1. The van der Waals surface area contributed by atoms with Crippen molar-refractivity contribution in [1.82, 2.24) is 4.90 Å². The molecule has 0 radical (unpaired) electrons. The highest BCUT2D eigenvalue weighted by atomic mass is 16.6. The summed E-state index contributed by atoms with van der Waals surface area (Å²) in [5.74, 6) is 0.246. The van der Waals surface area contributed by atoms with Gasteiger partial charge in [0.2, 0.25) is 0 Å². The van der Waals surface area contributed by atoms with Crippen LogP contribution < -0.4 is 4.74 Å². The number of benzene rings is 1. The molecule has 1 heterocycles. The van der Waals surface area contributed by atoms with Gasteiger partial charge in [-0.15, -0.1) is 0 Å². The highest BCUT2D eigenvalue weighted by molar-refractivity contribution is 5.82. The minimum absolute atomic E-state index is 0.280. The number of ether oxygens (including phenoxy) is 3. The quantitative estimate of drug-likeness (QED) is 0.795. The summed E-state index contributed by atoms with van der Waals surface area (Å²) in [5.41, 5.74) is 0.504. The minimum Gasteiger partial charge on any atom is -0.488 e. The lowest BCUT2D eigenvalue weighted by molar-refractivity contribution is -0.145. The molecule has 0 aromatic heterocycles. The Morgan fingerprint density at radius 3 is 2.33 bits per heavy atom. The van der Waals surface area contributed by atoms with Gasteiger partial charge in [-0.2, -0.15) is 0 Å². The summed E-state index contributed by atoms with van der Waals surface area (Å²) in [6.45, 7) is 7.64. The Morgan fingerprint density at radius 1 is 1.17 bits per heavy atom. The van der Waals surface area contributed by atoms with E-state index in [0.717, 1.165) is 5.56 Å². The third-order valence-corrected chi connectivity index (χ3v) is 3.69. The van der Waals surface area contributed by atoms with Crippen molar-refractivity contribution in [3.05, 3.63) is 29.8 Å². The van der Waals surface area contributed by atoms with Gasteiger partial charge in [-0.1, -0.05) is 17.7 Å². The van der Waals surface area contributed by atoms with Gasteiger partial charge < -0.3 is 14.2 Å². The average Bonchev–Trinajstić information content (AvgIpc) is 2.91. The highest BCUT2D eigenvalue weighted by Crippen LogP contribution is 2.26. The molecule has 2 atom stereocenters. The zero-order valence-electron chi connectivity index (χ0n) is 14.9. The molecule has 1 aromatic carbocycles. The van der Waals surface area contributed by atoms with Crippen LogP contribution in [0.3, 0.4) is 0 Å². The first-order chi connectivity index (χ1) is 11.2. The summed E-state index contributed by atoms with van der Waals surface area (Å²) < 4.78 is 16.1. The number of hydrogen-bond acceptors (Lipinski definition) is 5. The zero-order chi connectivity index (χ0) is 17.9. The zero-order valence-corrected chi connectivity index (χ0v) is 14.9. The molecular formula is C18H25NO5. The van der Waals surface area contributed by atoms with Gasteiger partial charge in [-0.25, -0.2) is 9.59 Å². The van der Waals surface area contributed by atoms with Crippen LogP contribution in [0.1, 0.15) is 32.8 Å². The van der Waals surface area contributed by atoms with E-state index in [0.29, 0.717) is 12.2 Å². The monoisotopic (exact) mass is 335 g/mol. The van der Waals surface area contributed by atoms with Crippen molar-refractivity contribution in [2.24, 2.45) is 0 Å². The molecule has 2 rings (SSSR count). The summed E-state index contributed by atoms with van der Waals surface area (Å²) in [5, 5.41) is 0. The molecule has 1 saturated heterocycles. The number of hydrogen-bond donors (Lipinski definition) is 0. The van der Waals surface area contributed by atoms with E-state index in [-0.39, 0.29) is 12.6 Å². The van der Waals surface area contributed by atoms with E-state index in [2.05, 4.69) is 0 Å². The number of carbonyl (C=O) groups is 2. The fourth-order valence-corrected chi connectivity index (χ4v) is 2.57. The van der Waals surface area contributed by atoms with E-state index in [4.69, 9.17) is 14.2 Å². The smallest absolute Gasteiger partial charge is 0.411 e. The standard InChI is InChI=1S/C18H25NO5/c1-12-6-8-13(9-7-12)23-14-10-15(16(20)22-5)19(11-14)17(21)24-18(2,3)4/h6-9,14-15H,10-11H2,1-5H3/t14-,15+/m1/s1. The Bertz CT molecular complexity index is 590. The van der Waals surface area contributed by atoms with Gasteiger partial charge in [0.25, 0.3) is 0 Å². The van der Waals surface area contributed by atoms with Crippen molar-refractivity contribution in [2.75, 3.05) is 13.7 Å². The van der Waals surface area contributed by atoms with Gasteiger partial charge in [0, 0.05) is 6.42 Å². The molecule has 1 aromatic rings. The summed E-state index contributed by atoms with van der Waals surface area (Å²) in [6.07, 6.45) is -0.447. The second-order valence-electron chi connectivity index (χ2n) is 6.96. The van der Waals surface area contributed by atoms with Crippen LogP contribution in [-0.4, -0.2) is 48.4 Å². The number of carbonyl (C=O) groups excluding carboxylic acids is 2. The molecular weight excluding hydrogens is 310 g/mol. The molecule has 0 N–H and O–H groups in total. The molecule has 0 unspecified atom stereocenters. The van der Waals surface area contributed by atoms with E-state index >= 15 is 0 Å². The van der Waals surface area contributed by atoms with E-state index < -0.39 is 23.7 Å². The molecule has 6 nitrogen and oxygen atoms in total. The van der Waals surface area contributed by atoms with Crippen LogP contribution in [0.2, 0.25) is 0 Å². The number of amides is 1. The Labute approximate surface area is 142 Å². The van der Waals surface area contributed by atoms with Gasteiger partial charge in [0.05, 0.1) is 13.7 Å². The Kier molecular flexibility index (Phi) is 5.36. The number of rotatable bonds is 3. The highest BCUT2D eigenvalue weighted by Gasteiger charge is 2.43. The molecule has 24 heavy (non-hydrogen) atoms. The van der Waals surface area contributed by atoms with Crippen molar-refractivity contribution in [2.45, 2.75) is 51.9 Å². The summed E-state index contributed by atoms with van der Waals surface area (Å²) in [6, 6.07) is 6.96. The SMILES string of the molecule is COC(=O)[C@@H]1C[C@@H](Oc2ccc(C)cc2)CN1C(=O)OC(C)(C)C. The molecule has 0 aliphatic carbocycles. The van der Waals surface area contributed by atoms with E-state index in [1.54, 1.807) is 20.8 Å². The Morgan fingerprint density at radius 2 is 1.79 bits per heavy atom. The van der Waals surface area contributed by atoms with Crippen LogP contribution in [0.25, 0.3) is 0 Å². The van der Waals surface area contributed by atoms with Crippen LogP contribution in [0.15, 0.2) is 24.3 Å². The summed E-state index contributed by atoms with van der Waals surface area (Å²) >= 11 is 0. The molecule has 6 heteroatoms. The average molecular weight is 335 g/mol. The van der Waals surface area contributed by atoms with Gasteiger partial charge in [0.15, 0.2) is 0 Å². The van der Waals surface area contributed by atoms with E-state index in [1.165, 1.54) is 12.0 Å². The van der Waals surface area contributed by atoms with Crippen molar-refractivity contribution >= 4 is 12.1 Å². The first-order valence-electron chi connectivity index (χ1n) is 8.00. The van der Waals surface area contributed by atoms with Crippen molar-refractivity contribution < 1.29 is 23.8 Å². The number of likely N-dealkylation sites (tertiary alicyclic amines) is 1. The maximum Gasteiger partial charge on any atom is 0.411 e. The summed E-state index contributed by atoms with van der Waals surface area (Å²) in [4.78, 5) is 25.8. The van der Waals surface area contributed by atoms with Crippen molar-refractivity contribution in [1.29, 1.82) is 0 Å². The second kappa shape index (κ2) is 7.11. The Balaban J connectivity index is 2.09. The van der Waals surface area contributed by atoms with Crippen LogP contribution >= 0.6 is 0 Å². The summed E-state index contributed by atoms with van der Waals surface area (Å²) in [7, 11) is 1.31. The van der Waals surface area contributed by atoms with Crippen LogP contribution in [0, 0.1) is 6.92 Å². The van der Waals surface area contributed by atoms with E-state index in [9.17, 15) is 9.59 Å². The number of aryl methyl sites for hydroxylation is 1. The lowest BCUT2D eigenvalue weighted by Gasteiger charge is -2.27. The van der Waals surface area contributed by atoms with Crippen molar-refractivity contribution in [3.8, 4) is 5.75 Å². The Hall–Kier alpha value is -2.24. The molecule has 0 spiro atoms. The fraction of sp³-hybridized carbons (Fsp3) is 0.556. The predicted molar refractivity (Wildman–Crippen MR) is 89.0 cm³/mol. The third kappa shape index (κ3) is 4.63. The largest absolute Gasteiger partial charge is 0.488 e. The fourth-order valence-electron chi connectivity index (χ4n) is 2.57. The van der Waals surface area contributed by atoms with Crippen LogP contribution in [0.4, 0.5) is 4.79 Å².